The number of carboxylic acids is 1. The summed E-state index contributed by atoms with van der Waals surface area (Å²) in [6.45, 7) is 2.70. The molecule has 1 aliphatic rings. The second kappa shape index (κ2) is 7.92. The minimum atomic E-state index is -5.08. The third kappa shape index (κ3) is 5.41. The highest BCUT2D eigenvalue weighted by Crippen LogP contribution is 2.19. The molecule has 11 heteroatoms. The van der Waals surface area contributed by atoms with Crippen molar-refractivity contribution < 1.29 is 23.1 Å². The third-order valence-corrected chi connectivity index (χ3v) is 3.43. The van der Waals surface area contributed by atoms with Crippen LogP contribution in [0.4, 0.5) is 19.1 Å². The standard InChI is InChI=1S/C12H16N6.C2HF3O2/c1-18-6-3-9-10(16-17-11(9)8-18)7-15-12-13-4-2-5-14-12;3-2(4,5)1(6)7/h2,4-5H,3,6-8H2,1H3,(H,16,17)(H,13,14,15);(H,6,7). The lowest BCUT2D eigenvalue weighted by molar-refractivity contribution is -0.192. The topological polar surface area (TPSA) is 107 Å². The lowest BCUT2D eigenvalue weighted by atomic mass is 10.1. The number of halogens is 3. The molecular weight excluding hydrogens is 341 g/mol. The number of likely N-dealkylation sites (N-methyl/N-ethyl adjacent to an activating group) is 1. The molecule has 0 radical (unpaired) electrons. The summed E-state index contributed by atoms with van der Waals surface area (Å²) in [6, 6.07) is 1.80. The van der Waals surface area contributed by atoms with Gasteiger partial charge in [0, 0.05) is 31.0 Å². The second-order valence-corrected chi connectivity index (χ2v) is 5.34. The van der Waals surface area contributed by atoms with Crippen LogP contribution in [-0.4, -0.2) is 55.9 Å². The van der Waals surface area contributed by atoms with Crippen LogP contribution in [0.2, 0.25) is 0 Å². The van der Waals surface area contributed by atoms with Crippen molar-refractivity contribution in [3.8, 4) is 0 Å². The molecule has 3 heterocycles. The molecule has 0 atom stereocenters. The Labute approximate surface area is 141 Å². The zero-order valence-electron chi connectivity index (χ0n) is 13.3. The van der Waals surface area contributed by atoms with E-state index in [1.807, 2.05) is 0 Å². The van der Waals surface area contributed by atoms with E-state index in [2.05, 4.69) is 37.4 Å². The van der Waals surface area contributed by atoms with Gasteiger partial charge in [-0.25, -0.2) is 14.8 Å². The first-order valence-corrected chi connectivity index (χ1v) is 7.32. The van der Waals surface area contributed by atoms with Crippen LogP contribution in [-0.2, 0) is 24.3 Å². The van der Waals surface area contributed by atoms with E-state index < -0.39 is 12.1 Å². The minimum Gasteiger partial charge on any atom is -0.475 e. The number of nitrogens with one attached hydrogen (secondary N) is 2. The number of hydrogen-bond acceptors (Lipinski definition) is 6. The van der Waals surface area contributed by atoms with Gasteiger partial charge in [-0.15, -0.1) is 0 Å². The molecule has 0 fully saturated rings. The van der Waals surface area contributed by atoms with Gasteiger partial charge in [0.25, 0.3) is 0 Å². The summed E-state index contributed by atoms with van der Waals surface area (Å²) in [4.78, 5) is 19.5. The van der Waals surface area contributed by atoms with Gasteiger partial charge in [0.15, 0.2) is 0 Å². The Morgan fingerprint density at radius 2 is 2.04 bits per heavy atom. The van der Waals surface area contributed by atoms with E-state index in [0.717, 1.165) is 25.2 Å². The van der Waals surface area contributed by atoms with Crippen LogP contribution in [0.3, 0.4) is 0 Å². The molecule has 8 nitrogen and oxygen atoms in total. The minimum absolute atomic E-state index is 0.641. The Balaban J connectivity index is 0.000000277. The average Bonchev–Trinajstić information content (AvgIpc) is 2.95. The van der Waals surface area contributed by atoms with Crippen molar-refractivity contribution in [1.82, 2.24) is 25.1 Å². The predicted molar refractivity (Wildman–Crippen MR) is 81.7 cm³/mol. The lowest BCUT2D eigenvalue weighted by Gasteiger charge is -2.22. The van der Waals surface area contributed by atoms with E-state index in [0.29, 0.717) is 12.5 Å². The van der Waals surface area contributed by atoms with E-state index in [-0.39, 0.29) is 0 Å². The summed E-state index contributed by atoms with van der Waals surface area (Å²) in [6.07, 6.45) is -0.580. The molecule has 136 valence electrons. The average molecular weight is 358 g/mol. The van der Waals surface area contributed by atoms with Crippen LogP contribution in [0.5, 0.6) is 0 Å². The van der Waals surface area contributed by atoms with Gasteiger partial charge in [-0.05, 0) is 19.5 Å². The van der Waals surface area contributed by atoms with Crippen LogP contribution in [0.15, 0.2) is 18.5 Å². The number of alkyl halides is 3. The Morgan fingerprint density at radius 3 is 2.64 bits per heavy atom. The van der Waals surface area contributed by atoms with E-state index in [1.54, 1.807) is 18.5 Å². The first-order chi connectivity index (χ1) is 11.8. The maximum Gasteiger partial charge on any atom is 0.490 e. The monoisotopic (exact) mass is 358 g/mol. The normalized spacial score (nSPS) is 14.2. The number of rotatable bonds is 3. The fourth-order valence-electron chi connectivity index (χ4n) is 2.22. The number of carboxylic acid groups (broad SMARTS) is 1. The van der Waals surface area contributed by atoms with Crippen LogP contribution >= 0.6 is 0 Å². The lowest BCUT2D eigenvalue weighted by Crippen LogP contribution is -2.26. The molecule has 0 saturated carbocycles. The van der Waals surface area contributed by atoms with Crippen molar-refractivity contribution in [3.05, 3.63) is 35.4 Å². The molecule has 1 aliphatic heterocycles. The first kappa shape index (κ1) is 18.6. The number of hydrogen-bond donors (Lipinski definition) is 3. The first-order valence-electron chi connectivity index (χ1n) is 7.32. The summed E-state index contributed by atoms with van der Waals surface area (Å²) in [5.74, 6) is -2.12. The largest absolute Gasteiger partial charge is 0.490 e. The molecular formula is C14H17F3N6O2. The molecule has 0 saturated heterocycles. The van der Waals surface area contributed by atoms with Crippen LogP contribution in [0, 0.1) is 0 Å². The quantitative estimate of drug-likeness (QED) is 0.762. The molecule has 0 aromatic carbocycles. The zero-order chi connectivity index (χ0) is 18.4. The van der Waals surface area contributed by atoms with Gasteiger partial charge >= 0.3 is 12.1 Å². The fourth-order valence-corrected chi connectivity index (χ4v) is 2.22. The van der Waals surface area contributed by atoms with Crippen molar-refractivity contribution >= 4 is 11.9 Å². The molecule has 0 amide bonds. The van der Waals surface area contributed by atoms with Crippen molar-refractivity contribution in [2.45, 2.75) is 25.7 Å². The number of fused-ring (bicyclic) bond motifs is 1. The van der Waals surface area contributed by atoms with Gasteiger partial charge in [-0.3, -0.25) is 5.10 Å². The van der Waals surface area contributed by atoms with Gasteiger partial charge in [0.2, 0.25) is 5.95 Å². The van der Waals surface area contributed by atoms with E-state index in [4.69, 9.17) is 9.90 Å². The van der Waals surface area contributed by atoms with E-state index in [1.165, 1.54) is 11.3 Å². The predicted octanol–water partition coefficient (Wildman–Crippen LogP) is 1.43. The Hall–Kier alpha value is -2.69. The van der Waals surface area contributed by atoms with Crippen molar-refractivity contribution in [1.29, 1.82) is 0 Å². The summed E-state index contributed by atoms with van der Waals surface area (Å²) < 4.78 is 31.7. The van der Waals surface area contributed by atoms with Crippen LogP contribution in [0.1, 0.15) is 17.0 Å². The van der Waals surface area contributed by atoms with Crippen molar-refractivity contribution in [2.24, 2.45) is 0 Å². The van der Waals surface area contributed by atoms with Gasteiger partial charge in [0.05, 0.1) is 17.9 Å². The molecule has 0 bridgehead atoms. The van der Waals surface area contributed by atoms with Crippen LogP contribution in [0.25, 0.3) is 0 Å². The number of nitrogens with zero attached hydrogens (tertiary/aromatic N) is 4. The number of carbonyl (C=O) groups is 1. The number of anilines is 1. The number of aromatic nitrogens is 4. The number of H-pyrrole nitrogens is 1. The summed E-state index contributed by atoms with van der Waals surface area (Å²) in [5.41, 5.74) is 3.65. The van der Waals surface area contributed by atoms with Gasteiger partial charge in [-0.2, -0.15) is 18.3 Å². The maximum atomic E-state index is 10.6. The summed E-state index contributed by atoms with van der Waals surface area (Å²) in [7, 11) is 2.12. The highest BCUT2D eigenvalue weighted by molar-refractivity contribution is 5.73. The van der Waals surface area contributed by atoms with E-state index >= 15 is 0 Å². The molecule has 25 heavy (non-hydrogen) atoms. The van der Waals surface area contributed by atoms with Gasteiger partial charge < -0.3 is 15.3 Å². The van der Waals surface area contributed by atoms with E-state index in [9.17, 15) is 13.2 Å². The van der Waals surface area contributed by atoms with Gasteiger partial charge in [0.1, 0.15) is 0 Å². The highest BCUT2D eigenvalue weighted by atomic mass is 19.4. The smallest absolute Gasteiger partial charge is 0.475 e. The SMILES string of the molecule is CN1CCc2c(CNc3ncccn3)n[nH]c2C1.O=C(O)C(F)(F)F. The van der Waals surface area contributed by atoms with Crippen molar-refractivity contribution in [2.75, 3.05) is 18.9 Å². The van der Waals surface area contributed by atoms with Gasteiger partial charge in [-0.1, -0.05) is 0 Å². The molecule has 0 aliphatic carbocycles. The summed E-state index contributed by atoms with van der Waals surface area (Å²) in [5, 5.41) is 17.8. The number of aromatic amines is 1. The molecule has 2 aromatic rings. The van der Waals surface area contributed by atoms with Crippen LogP contribution < -0.4 is 5.32 Å². The molecule has 3 N–H and O–H groups in total. The molecule has 2 aromatic heterocycles. The second-order valence-electron chi connectivity index (χ2n) is 5.34. The maximum absolute atomic E-state index is 10.6. The third-order valence-electron chi connectivity index (χ3n) is 3.43. The Bertz CT molecular complexity index is 704. The number of aliphatic carboxylic acids is 1. The Morgan fingerprint density at radius 1 is 1.40 bits per heavy atom. The molecule has 0 unspecified atom stereocenters. The molecule has 0 spiro atoms. The Kier molecular flexibility index (Phi) is 5.91. The van der Waals surface area contributed by atoms with Crippen molar-refractivity contribution in [3.63, 3.8) is 0 Å². The molecule has 3 rings (SSSR count). The summed E-state index contributed by atoms with van der Waals surface area (Å²) >= 11 is 0. The highest BCUT2D eigenvalue weighted by Gasteiger charge is 2.38. The fraction of sp³-hybridized carbons (Fsp3) is 0.429. The zero-order valence-corrected chi connectivity index (χ0v) is 13.3.